The van der Waals surface area contributed by atoms with Crippen LogP contribution in [0.15, 0.2) is 24.3 Å². The van der Waals surface area contributed by atoms with Crippen LogP contribution in [-0.2, 0) is 16.0 Å². The minimum Gasteiger partial charge on any atom is -0.375 e. The second-order valence-corrected chi connectivity index (χ2v) is 9.53. The molecule has 1 amide bonds. The SMILES string of the molecule is CC(C)N1CCN(C2CCOC3(CCN(C(=O)Cc4cccc(F)c4)CC3)C2)CC1. The minimum atomic E-state index is -0.284. The number of hydrogen-bond acceptors (Lipinski definition) is 4. The monoisotopic (exact) mass is 417 g/mol. The summed E-state index contributed by atoms with van der Waals surface area (Å²) in [5, 5.41) is 0. The van der Waals surface area contributed by atoms with Crippen molar-refractivity contribution in [1.82, 2.24) is 14.7 Å². The van der Waals surface area contributed by atoms with Crippen LogP contribution in [0.1, 0.15) is 45.1 Å². The third-order valence-corrected chi connectivity index (χ3v) is 7.33. The van der Waals surface area contributed by atoms with Gasteiger partial charge in [0, 0.05) is 58.0 Å². The van der Waals surface area contributed by atoms with Crippen LogP contribution in [0.3, 0.4) is 0 Å². The summed E-state index contributed by atoms with van der Waals surface area (Å²) in [5.41, 5.74) is 0.670. The quantitative estimate of drug-likeness (QED) is 0.755. The standard InChI is InChI=1S/C24H36FN3O2/c1-19(2)26-11-13-27(14-12-26)22-6-15-30-24(18-22)7-9-28(10-8-24)23(29)17-20-4-3-5-21(25)16-20/h3-5,16,19,22H,6-15,17-18H2,1-2H3. The summed E-state index contributed by atoms with van der Waals surface area (Å²) < 4.78 is 19.7. The maximum absolute atomic E-state index is 13.4. The third kappa shape index (κ3) is 5.04. The molecule has 3 fully saturated rings. The molecule has 3 saturated heterocycles. The van der Waals surface area contributed by atoms with Crippen molar-refractivity contribution in [3.05, 3.63) is 35.6 Å². The van der Waals surface area contributed by atoms with E-state index in [1.807, 2.05) is 11.0 Å². The van der Waals surface area contributed by atoms with E-state index in [2.05, 4.69) is 23.6 Å². The maximum atomic E-state index is 13.4. The molecule has 1 unspecified atom stereocenters. The molecule has 1 aromatic rings. The molecule has 4 rings (SSSR count). The highest BCUT2D eigenvalue weighted by Crippen LogP contribution is 2.37. The zero-order valence-corrected chi connectivity index (χ0v) is 18.5. The Labute approximate surface area is 180 Å². The van der Waals surface area contributed by atoms with Gasteiger partial charge in [0.1, 0.15) is 5.82 Å². The first-order valence-electron chi connectivity index (χ1n) is 11.6. The summed E-state index contributed by atoms with van der Waals surface area (Å²) in [6.07, 6.45) is 4.29. The fourth-order valence-corrected chi connectivity index (χ4v) is 5.38. The molecule has 5 nitrogen and oxygen atoms in total. The minimum absolute atomic E-state index is 0.0757. The number of likely N-dealkylation sites (tertiary alicyclic amines) is 1. The van der Waals surface area contributed by atoms with Crippen LogP contribution in [0.4, 0.5) is 4.39 Å². The van der Waals surface area contributed by atoms with Gasteiger partial charge in [0.25, 0.3) is 0 Å². The molecule has 0 bridgehead atoms. The van der Waals surface area contributed by atoms with Gasteiger partial charge in [-0.1, -0.05) is 12.1 Å². The molecular weight excluding hydrogens is 381 g/mol. The van der Waals surface area contributed by atoms with Crippen molar-refractivity contribution < 1.29 is 13.9 Å². The van der Waals surface area contributed by atoms with Gasteiger partial charge < -0.3 is 9.64 Å². The van der Waals surface area contributed by atoms with Crippen LogP contribution in [0.2, 0.25) is 0 Å². The zero-order chi connectivity index (χ0) is 21.1. The predicted octanol–water partition coefficient (Wildman–Crippen LogP) is 2.93. The van der Waals surface area contributed by atoms with E-state index in [0.29, 0.717) is 12.1 Å². The molecule has 0 saturated carbocycles. The number of halogens is 1. The Hall–Kier alpha value is -1.50. The molecule has 0 aromatic heterocycles. The van der Waals surface area contributed by atoms with Gasteiger partial charge in [-0.25, -0.2) is 4.39 Å². The maximum Gasteiger partial charge on any atom is 0.226 e. The molecule has 1 spiro atoms. The highest BCUT2D eigenvalue weighted by molar-refractivity contribution is 5.78. The van der Waals surface area contributed by atoms with Gasteiger partial charge in [0.2, 0.25) is 5.91 Å². The van der Waals surface area contributed by atoms with E-state index in [0.717, 1.165) is 77.1 Å². The van der Waals surface area contributed by atoms with Crippen molar-refractivity contribution in [1.29, 1.82) is 0 Å². The van der Waals surface area contributed by atoms with E-state index in [9.17, 15) is 9.18 Å². The van der Waals surface area contributed by atoms with Crippen molar-refractivity contribution in [2.24, 2.45) is 0 Å². The first-order valence-corrected chi connectivity index (χ1v) is 11.6. The van der Waals surface area contributed by atoms with Gasteiger partial charge in [-0.3, -0.25) is 14.6 Å². The molecule has 3 heterocycles. The number of amides is 1. The number of carbonyl (C=O) groups excluding carboxylic acids is 1. The third-order valence-electron chi connectivity index (χ3n) is 7.33. The summed E-state index contributed by atoms with van der Waals surface area (Å²) in [6.45, 7) is 11.5. The molecule has 3 aliphatic heterocycles. The molecule has 0 N–H and O–H groups in total. The second-order valence-electron chi connectivity index (χ2n) is 9.53. The van der Waals surface area contributed by atoms with E-state index in [1.54, 1.807) is 6.07 Å². The summed E-state index contributed by atoms with van der Waals surface area (Å²) >= 11 is 0. The first kappa shape index (κ1) is 21.7. The lowest BCUT2D eigenvalue weighted by Crippen LogP contribution is -2.58. The van der Waals surface area contributed by atoms with Crippen LogP contribution < -0.4 is 0 Å². The largest absolute Gasteiger partial charge is 0.375 e. The van der Waals surface area contributed by atoms with Crippen LogP contribution in [-0.4, -0.2) is 84.2 Å². The lowest BCUT2D eigenvalue weighted by molar-refractivity contribution is -0.150. The average molecular weight is 418 g/mol. The van der Waals surface area contributed by atoms with Crippen molar-refractivity contribution in [2.75, 3.05) is 45.9 Å². The number of piperidine rings is 1. The summed E-state index contributed by atoms with van der Waals surface area (Å²) in [4.78, 5) is 19.9. The topological polar surface area (TPSA) is 36.0 Å². The van der Waals surface area contributed by atoms with E-state index in [-0.39, 0.29) is 23.7 Å². The van der Waals surface area contributed by atoms with Gasteiger partial charge in [-0.05, 0) is 57.2 Å². The van der Waals surface area contributed by atoms with E-state index in [4.69, 9.17) is 4.74 Å². The Balaban J connectivity index is 1.28. The predicted molar refractivity (Wildman–Crippen MR) is 116 cm³/mol. The van der Waals surface area contributed by atoms with Gasteiger partial charge in [0.05, 0.1) is 12.0 Å². The van der Waals surface area contributed by atoms with Crippen LogP contribution in [0.25, 0.3) is 0 Å². The highest BCUT2D eigenvalue weighted by Gasteiger charge is 2.42. The van der Waals surface area contributed by atoms with Crippen LogP contribution in [0.5, 0.6) is 0 Å². The smallest absolute Gasteiger partial charge is 0.226 e. The van der Waals surface area contributed by atoms with Crippen molar-refractivity contribution in [3.63, 3.8) is 0 Å². The molecule has 3 aliphatic rings. The number of hydrogen-bond donors (Lipinski definition) is 0. The number of piperazine rings is 1. The summed E-state index contributed by atoms with van der Waals surface area (Å²) in [6, 6.07) is 7.58. The normalized spacial score (nSPS) is 25.7. The molecule has 1 atom stereocenters. The van der Waals surface area contributed by atoms with Gasteiger partial charge >= 0.3 is 0 Å². The summed E-state index contributed by atoms with van der Waals surface area (Å²) in [5.74, 6) is -0.193. The molecule has 30 heavy (non-hydrogen) atoms. The Morgan fingerprint density at radius 2 is 1.90 bits per heavy atom. The van der Waals surface area contributed by atoms with Gasteiger partial charge in [-0.15, -0.1) is 0 Å². The average Bonchev–Trinajstić information content (AvgIpc) is 2.74. The van der Waals surface area contributed by atoms with E-state index >= 15 is 0 Å². The number of rotatable bonds is 4. The molecular formula is C24H36FN3O2. The molecule has 6 heteroatoms. The van der Waals surface area contributed by atoms with Gasteiger partial charge in [-0.2, -0.15) is 0 Å². The van der Waals surface area contributed by atoms with Crippen LogP contribution >= 0.6 is 0 Å². The lowest BCUT2D eigenvalue weighted by Gasteiger charge is -2.50. The Morgan fingerprint density at radius 1 is 1.17 bits per heavy atom. The number of nitrogens with zero attached hydrogens (tertiary/aromatic N) is 3. The molecule has 166 valence electrons. The van der Waals surface area contributed by atoms with Crippen molar-refractivity contribution >= 4 is 5.91 Å². The fraction of sp³-hybridized carbons (Fsp3) is 0.708. The number of ether oxygens (including phenoxy) is 1. The Bertz CT molecular complexity index is 725. The fourth-order valence-electron chi connectivity index (χ4n) is 5.38. The first-order chi connectivity index (χ1) is 14.4. The van der Waals surface area contributed by atoms with Crippen molar-refractivity contribution in [2.45, 2.75) is 63.6 Å². The Morgan fingerprint density at radius 3 is 2.57 bits per heavy atom. The molecule has 0 radical (unpaired) electrons. The number of carbonyl (C=O) groups is 1. The molecule has 1 aromatic carbocycles. The van der Waals surface area contributed by atoms with Gasteiger partial charge in [0.15, 0.2) is 0 Å². The van der Waals surface area contributed by atoms with Crippen LogP contribution in [0, 0.1) is 5.82 Å². The summed E-state index contributed by atoms with van der Waals surface area (Å²) in [7, 11) is 0. The lowest BCUT2D eigenvalue weighted by atomic mass is 9.81. The van der Waals surface area contributed by atoms with E-state index in [1.165, 1.54) is 12.1 Å². The second kappa shape index (κ2) is 9.33. The molecule has 0 aliphatic carbocycles. The highest BCUT2D eigenvalue weighted by atomic mass is 19.1. The van der Waals surface area contributed by atoms with Crippen molar-refractivity contribution in [3.8, 4) is 0 Å². The zero-order valence-electron chi connectivity index (χ0n) is 18.5. The Kier molecular flexibility index (Phi) is 6.75. The van der Waals surface area contributed by atoms with E-state index < -0.39 is 0 Å². The number of benzene rings is 1.